The zero-order chi connectivity index (χ0) is 16.7. The Balaban J connectivity index is 1.96. The van der Waals surface area contributed by atoms with Crippen LogP contribution in [0.1, 0.15) is 51.5 Å². The maximum atomic E-state index is 12.7. The standard InChI is InChI=1S/C19H31N3O/c1-3-19(20,4-2)15-21-18(23)17-12-8-9-13-22(17)14-16-10-6-5-7-11-16/h5-7,10-11,17H,3-4,8-9,12-15,20H2,1-2H3,(H,21,23). The molecule has 1 heterocycles. The molecule has 23 heavy (non-hydrogen) atoms. The molecule has 1 atom stereocenters. The first-order valence-electron chi connectivity index (χ1n) is 8.92. The molecular formula is C19H31N3O. The van der Waals surface area contributed by atoms with Gasteiger partial charge in [-0.2, -0.15) is 0 Å². The third kappa shape index (κ3) is 5.05. The van der Waals surface area contributed by atoms with Crippen molar-refractivity contribution in [3.8, 4) is 0 Å². The minimum absolute atomic E-state index is 0.0260. The van der Waals surface area contributed by atoms with E-state index in [9.17, 15) is 4.79 Å². The second-order valence-electron chi connectivity index (χ2n) is 6.75. The predicted octanol–water partition coefficient (Wildman–Crippen LogP) is 2.67. The van der Waals surface area contributed by atoms with Crippen LogP contribution in [0.3, 0.4) is 0 Å². The first-order valence-corrected chi connectivity index (χ1v) is 8.92. The van der Waals surface area contributed by atoms with Gasteiger partial charge < -0.3 is 11.1 Å². The lowest BCUT2D eigenvalue weighted by Crippen LogP contribution is -2.54. The van der Waals surface area contributed by atoms with Gasteiger partial charge in [0.1, 0.15) is 0 Å². The van der Waals surface area contributed by atoms with Crippen LogP contribution in [0.15, 0.2) is 30.3 Å². The number of hydrogen-bond donors (Lipinski definition) is 2. The van der Waals surface area contributed by atoms with Crippen LogP contribution in [0.4, 0.5) is 0 Å². The van der Waals surface area contributed by atoms with E-state index in [1.807, 2.05) is 6.07 Å². The quantitative estimate of drug-likeness (QED) is 0.813. The zero-order valence-corrected chi connectivity index (χ0v) is 14.6. The summed E-state index contributed by atoms with van der Waals surface area (Å²) in [6.45, 7) is 6.56. The Hall–Kier alpha value is -1.39. The van der Waals surface area contributed by atoms with Crippen LogP contribution in [-0.2, 0) is 11.3 Å². The van der Waals surface area contributed by atoms with Crippen molar-refractivity contribution in [2.45, 2.75) is 64.1 Å². The Bertz CT molecular complexity index is 485. The molecule has 0 spiro atoms. The summed E-state index contributed by atoms with van der Waals surface area (Å²) in [6.07, 6.45) is 4.99. The van der Waals surface area contributed by atoms with E-state index in [1.165, 1.54) is 12.0 Å². The van der Waals surface area contributed by atoms with Gasteiger partial charge >= 0.3 is 0 Å². The van der Waals surface area contributed by atoms with E-state index in [-0.39, 0.29) is 17.5 Å². The van der Waals surface area contributed by atoms with Gasteiger partial charge in [0.25, 0.3) is 0 Å². The number of nitrogens with two attached hydrogens (primary N) is 1. The van der Waals surface area contributed by atoms with Crippen molar-refractivity contribution in [1.29, 1.82) is 0 Å². The minimum atomic E-state index is -0.283. The second-order valence-corrected chi connectivity index (χ2v) is 6.75. The first-order chi connectivity index (χ1) is 11.1. The molecule has 0 saturated carbocycles. The largest absolute Gasteiger partial charge is 0.353 e. The Morgan fingerprint density at radius 1 is 1.26 bits per heavy atom. The number of carbonyl (C=O) groups excluding carboxylic acids is 1. The van der Waals surface area contributed by atoms with Crippen molar-refractivity contribution in [2.24, 2.45) is 5.73 Å². The van der Waals surface area contributed by atoms with Gasteiger partial charge in [-0.25, -0.2) is 0 Å². The normalized spacial score (nSPS) is 19.5. The summed E-state index contributed by atoms with van der Waals surface area (Å²) in [7, 11) is 0. The summed E-state index contributed by atoms with van der Waals surface area (Å²) in [5.74, 6) is 0.136. The number of piperidine rings is 1. The highest BCUT2D eigenvalue weighted by Gasteiger charge is 2.30. The van der Waals surface area contributed by atoms with Crippen LogP contribution < -0.4 is 11.1 Å². The van der Waals surface area contributed by atoms with Crippen LogP contribution in [0.5, 0.6) is 0 Å². The third-order valence-electron chi connectivity index (χ3n) is 5.17. The van der Waals surface area contributed by atoms with E-state index in [2.05, 4.69) is 48.3 Å². The Kier molecular flexibility index (Phi) is 6.60. The van der Waals surface area contributed by atoms with Gasteiger partial charge in [-0.15, -0.1) is 0 Å². The van der Waals surface area contributed by atoms with Crippen LogP contribution in [0.25, 0.3) is 0 Å². The summed E-state index contributed by atoms with van der Waals surface area (Å²) < 4.78 is 0. The molecule has 1 fully saturated rings. The number of carbonyl (C=O) groups is 1. The van der Waals surface area contributed by atoms with Gasteiger partial charge in [0.15, 0.2) is 0 Å². The number of rotatable bonds is 7. The number of nitrogens with one attached hydrogen (secondary N) is 1. The predicted molar refractivity (Wildman–Crippen MR) is 95.0 cm³/mol. The molecule has 0 aliphatic carbocycles. The summed E-state index contributed by atoms with van der Waals surface area (Å²) in [5, 5.41) is 3.10. The lowest BCUT2D eigenvalue weighted by Gasteiger charge is -2.36. The molecule has 1 aromatic carbocycles. The van der Waals surface area contributed by atoms with E-state index >= 15 is 0 Å². The second kappa shape index (κ2) is 8.46. The fraction of sp³-hybridized carbons (Fsp3) is 0.632. The molecule has 1 amide bonds. The molecule has 1 saturated heterocycles. The minimum Gasteiger partial charge on any atom is -0.353 e. The number of nitrogens with zero attached hydrogens (tertiary/aromatic N) is 1. The SMILES string of the molecule is CCC(N)(CC)CNC(=O)C1CCCCN1Cc1ccccc1. The Morgan fingerprint density at radius 3 is 2.61 bits per heavy atom. The lowest BCUT2D eigenvalue weighted by molar-refractivity contribution is -0.128. The van der Waals surface area contributed by atoms with Gasteiger partial charge in [-0.05, 0) is 37.8 Å². The molecule has 0 bridgehead atoms. The fourth-order valence-corrected chi connectivity index (χ4v) is 3.18. The summed E-state index contributed by atoms with van der Waals surface area (Å²) >= 11 is 0. The van der Waals surface area contributed by atoms with E-state index in [1.54, 1.807) is 0 Å². The van der Waals surface area contributed by atoms with E-state index in [4.69, 9.17) is 5.73 Å². The van der Waals surface area contributed by atoms with Gasteiger partial charge in [0.05, 0.1) is 6.04 Å². The molecule has 1 unspecified atom stereocenters. The summed E-state index contributed by atoms with van der Waals surface area (Å²) in [5.41, 5.74) is 7.29. The number of hydrogen-bond acceptors (Lipinski definition) is 3. The Labute approximate surface area is 140 Å². The van der Waals surface area contributed by atoms with Gasteiger partial charge in [-0.3, -0.25) is 9.69 Å². The molecule has 1 aliphatic heterocycles. The van der Waals surface area contributed by atoms with Gasteiger partial charge in [0, 0.05) is 18.6 Å². The molecule has 1 aromatic rings. The zero-order valence-electron chi connectivity index (χ0n) is 14.6. The van der Waals surface area contributed by atoms with E-state index in [0.29, 0.717) is 6.54 Å². The highest BCUT2D eigenvalue weighted by molar-refractivity contribution is 5.81. The molecule has 4 heteroatoms. The highest BCUT2D eigenvalue weighted by Crippen LogP contribution is 2.20. The molecule has 1 aliphatic rings. The topological polar surface area (TPSA) is 58.4 Å². The number of likely N-dealkylation sites (tertiary alicyclic amines) is 1. The highest BCUT2D eigenvalue weighted by atomic mass is 16.2. The monoisotopic (exact) mass is 317 g/mol. The number of benzene rings is 1. The molecule has 128 valence electrons. The number of amides is 1. The van der Waals surface area contributed by atoms with Crippen molar-refractivity contribution < 1.29 is 4.79 Å². The van der Waals surface area contributed by atoms with Crippen molar-refractivity contribution in [2.75, 3.05) is 13.1 Å². The Morgan fingerprint density at radius 2 is 1.96 bits per heavy atom. The third-order valence-corrected chi connectivity index (χ3v) is 5.17. The maximum Gasteiger partial charge on any atom is 0.237 e. The summed E-state index contributed by atoms with van der Waals surface area (Å²) in [6, 6.07) is 10.4. The molecule has 0 aromatic heterocycles. The lowest BCUT2D eigenvalue weighted by atomic mass is 9.93. The van der Waals surface area contributed by atoms with Crippen LogP contribution in [-0.4, -0.2) is 35.5 Å². The molecule has 2 rings (SSSR count). The van der Waals surface area contributed by atoms with Crippen molar-refractivity contribution in [1.82, 2.24) is 10.2 Å². The van der Waals surface area contributed by atoms with Crippen LogP contribution >= 0.6 is 0 Å². The fourth-order valence-electron chi connectivity index (χ4n) is 3.18. The van der Waals surface area contributed by atoms with Crippen LogP contribution in [0.2, 0.25) is 0 Å². The summed E-state index contributed by atoms with van der Waals surface area (Å²) in [4.78, 5) is 15.0. The van der Waals surface area contributed by atoms with Crippen molar-refractivity contribution in [3.05, 3.63) is 35.9 Å². The molecule has 0 radical (unpaired) electrons. The maximum absolute atomic E-state index is 12.7. The van der Waals surface area contributed by atoms with E-state index in [0.717, 1.165) is 38.8 Å². The molecular weight excluding hydrogens is 286 g/mol. The average molecular weight is 317 g/mol. The van der Waals surface area contributed by atoms with E-state index < -0.39 is 0 Å². The van der Waals surface area contributed by atoms with Gasteiger partial charge in [0.2, 0.25) is 5.91 Å². The van der Waals surface area contributed by atoms with Crippen molar-refractivity contribution >= 4 is 5.91 Å². The average Bonchev–Trinajstić information content (AvgIpc) is 2.61. The smallest absolute Gasteiger partial charge is 0.237 e. The van der Waals surface area contributed by atoms with Gasteiger partial charge in [-0.1, -0.05) is 50.6 Å². The van der Waals surface area contributed by atoms with Crippen molar-refractivity contribution in [3.63, 3.8) is 0 Å². The molecule has 3 N–H and O–H groups in total. The first kappa shape index (κ1) is 18.0. The van der Waals surface area contributed by atoms with Crippen LogP contribution in [0, 0.1) is 0 Å². The molecule has 4 nitrogen and oxygen atoms in total.